The summed E-state index contributed by atoms with van der Waals surface area (Å²) in [6.45, 7) is 2.42. The second kappa shape index (κ2) is 11.6. The fraction of sp³-hybridized carbons (Fsp3) is 0.125. The summed E-state index contributed by atoms with van der Waals surface area (Å²) in [5, 5.41) is 9.95. The zero-order valence-electron chi connectivity index (χ0n) is 21.8. The number of aryl methyl sites for hydroxylation is 1. The number of rotatable bonds is 7. The van der Waals surface area contributed by atoms with Crippen molar-refractivity contribution in [3.63, 3.8) is 0 Å². The van der Waals surface area contributed by atoms with Gasteiger partial charge in [-0.1, -0.05) is 57.9 Å². The minimum absolute atomic E-state index is 0.0185. The van der Waals surface area contributed by atoms with E-state index in [0.717, 1.165) is 15.6 Å². The lowest BCUT2D eigenvalue weighted by Crippen LogP contribution is -2.21. The number of carbonyl (C=O) groups is 1. The van der Waals surface area contributed by atoms with Gasteiger partial charge < -0.3 is 24.7 Å². The van der Waals surface area contributed by atoms with Gasteiger partial charge in [0.25, 0.3) is 0 Å². The lowest BCUT2D eigenvalue weighted by atomic mass is 9.83. The first-order chi connectivity index (χ1) is 19.4. The van der Waals surface area contributed by atoms with E-state index < -0.39 is 11.9 Å². The minimum atomic E-state index is -0.523. The van der Waals surface area contributed by atoms with Crippen molar-refractivity contribution in [2.45, 2.75) is 19.4 Å². The summed E-state index contributed by atoms with van der Waals surface area (Å²) >= 11 is 3.35. The first-order valence-electron chi connectivity index (χ1n) is 12.4. The van der Waals surface area contributed by atoms with Gasteiger partial charge in [-0.25, -0.2) is 4.79 Å². The van der Waals surface area contributed by atoms with Crippen LogP contribution in [0.4, 0.5) is 0 Å². The number of ether oxygens (including phenoxy) is 4. The van der Waals surface area contributed by atoms with Crippen molar-refractivity contribution in [1.82, 2.24) is 0 Å². The number of nitrogens with zero attached hydrogens (tertiary/aromatic N) is 1. The van der Waals surface area contributed by atoms with Crippen LogP contribution in [0.25, 0.3) is 0 Å². The second-order valence-corrected chi connectivity index (χ2v) is 10.1. The average molecular weight is 597 g/mol. The predicted molar refractivity (Wildman–Crippen MR) is 153 cm³/mol. The number of nitriles is 1. The number of allylic oxidation sites excluding steroid dienone is 1. The van der Waals surface area contributed by atoms with Crippen molar-refractivity contribution >= 4 is 21.9 Å². The van der Waals surface area contributed by atoms with Crippen molar-refractivity contribution in [1.29, 1.82) is 5.26 Å². The molecular formula is C32H25BrN2O5. The number of fused-ring (bicyclic) bond motifs is 1. The molecule has 2 N–H and O–H groups in total. The normalized spacial score (nSPS) is 14.0. The molecule has 0 bridgehead atoms. The molecule has 7 nitrogen and oxygen atoms in total. The summed E-state index contributed by atoms with van der Waals surface area (Å²) in [6.07, 6.45) is 0. The third kappa shape index (κ3) is 5.65. The molecule has 40 heavy (non-hydrogen) atoms. The fourth-order valence-electron chi connectivity index (χ4n) is 4.42. The van der Waals surface area contributed by atoms with Crippen LogP contribution in [-0.2, 0) is 6.61 Å². The van der Waals surface area contributed by atoms with Crippen LogP contribution in [0.15, 0.2) is 101 Å². The highest BCUT2D eigenvalue weighted by Gasteiger charge is 2.32. The zero-order chi connectivity index (χ0) is 28.2. The molecule has 5 rings (SSSR count). The average Bonchev–Trinajstić information content (AvgIpc) is 2.96. The molecule has 1 unspecified atom stereocenters. The van der Waals surface area contributed by atoms with Gasteiger partial charge in [-0.15, -0.1) is 0 Å². The molecule has 0 radical (unpaired) electrons. The largest absolute Gasteiger partial charge is 0.493 e. The van der Waals surface area contributed by atoms with E-state index in [2.05, 4.69) is 22.0 Å². The summed E-state index contributed by atoms with van der Waals surface area (Å²) < 4.78 is 23.9. The van der Waals surface area contributed by atoms with Crippen molar-refractivity contribution in [2.24, 2.45) is 5.73 Å². The number of carbonyl (C=O) groups excluding carboxylic acids is 1. The molecule has 1 atom stereocenters. The summed E-state index contributed by atoms with van der Waals surface area (Å²) in [7, 11) is 1.57. The maximum Gasteiger partial charge on any atom is 0.343 e. The number of hydrogen-bond donors (Lipinski definition) is 1. The minimum Gasteiger partial charge on any atom is -0.493 e. The molecule has 0 saturated heterocycles. The molecule has 1 aliphatic heterocycles. The molecule has 0 spiro atoms. The molecule has 0 aromatic heterocycles. The van der Waals surface area contributed by atoms with E-state index in [1.807, 2.05) is 49.4 Å². The Bertz CT molecular complexity index is 1640. The van der Waals surface area contributed by atoms with E-state index >= 15 is 0 Å². The Kier molecular flexibility index (Phi) is 7.76. The third-order valence-corrected chi connectivity index (χ3v) is 7.05. The second-order valence-electron chi connectivity index (χ2n) is 9.21. The van der Waals surface area contributed by atoms with E-state index in [4.69, 9.17) is 24.7 Å². The van der Waals surface area contributed by atoms with E-state index in [1.165, 1.54) is 5.56 Å². The highest BCUT2D eigenvalue weighted by atomic mass is 79.9. The van der Waals surface area contributed by atoms with Crippen LogP contribution in [0, 0.1) is 18.3 Å². The highest BCUT2D eigenvalue weighted by Crippen LogP contribution is 2.45. The Balaban J connectivity index is 1.42. The van der Waals surface area contributed by atoms with Gasteiger partial charge in [-0.05, 0) is 60.5 Å². The molecule has 0 aliphatic carbocycles. The van der Waals surface area contributed by atoms with Gasteiger partial charge in [0.2, 0.25) is 5.88 Å². The molecule has 0 fully saturated rings. The summed E-state index contributed by atoms with van der Waals surface area (Å²) in [5.74, 6) is 0.725. The van der Waals surface area contributed by atoms with Crippen LogP contribution in [0.3, 0.4) is 0 Å². The van der Waals surface area contributed by atoms with E-state index in [-0.39, 0.29) is 17.2 Å². The molecule has 4 aromatic rings. The standard InChI is InChI=1S/C32H25BrN2O5/c1-19-3-5-20(6-4-19)18-38-27-14-9-22(15-29(27)37-2)30-25-13-12-24(16-28(25)40-31(35)26(30)17-34)39-32(36)21-7-10-23(33)11-8-21/h3-16,30H,18,35H2,1-2H3. The molecule has 0 amide bonds. The quantitative estimate of drug-likeness (QED) is 0.185. The molecule has 8 heteroatoms. The van der Waals surface area contributed by atoms with Crippen LogP contribution in [-0.4, -0.2) is 13.1 Å². The Morgan fingerprint density at radius 1 is 1.00 bits per heavy atom. The fourth-order valence-corrected chi connectivity index (χ4v) is 4.69. The zero-order valence-corrected chi connectivity index (χ0v) is 23.4. The number of nitrogens with two attached hydrogens (primary N) is 1. The summed E-state index contributed by atoms with van der Waals surface area (Å²) in [5.41, 5.74) is 10.5. The smallest absolute Gasteiger partial charge is 0.343 e. The highest BCUT2D eigenvalue weighted by molar-refractivity contribution is 9.10. The summed E-state index contributed by atoms with van der Waals surface area (Å²) in [6, 6.07) is 27.7. The Hall–Kier alpha value is -4.74. The molecular weight excluding hydrogens is 572 g/mol. The van der Waals surface area contributed by atoms with Crippen molar-refractivity contribution in [2.75, 3.05) is 7.11 Å². The SMILES string of the molecule is COc1cc(C2C(C#N)=C(N)Oc3cc(OC(=O)c4ccc(Br)cc4)ccc32)ccc1OCc1ccc(C)cc1. The number of halogens is 1. The topological polar surface area (TPSA) is 104 Å². The monoisotopic (exact) mass is 596 g/mol. The van der Waals surface area contributed by atoms with Gasteiger partial charge in [0.05, 0.1) is 18.6 Å². The van der Waals surface area contributed by atoms with Crippen LogP contribution < -0.4 is 24.7 Å². The van der Waals surface area contributed by atoms with Gasteiger partial charge in [-0.2, -0.15) is 5.26 Å². The van der Waals surface area contributed by atoms with Crippen LogP contribution in [0.2, 0.25) is 0 Å². The Labute approximate surface area is 240 Å². The van der Waals surface area contributed by atoms with E-state index in [9.17, 15) is 10.1 Å². The number of hydrogen-bond acceptors (Lipinski definition) is 7. The number of esters is 1. The van der Waals surface area contributed by atoms with Gasteiger partial charge in [0.15, 0.2) is 11.5 Å². The Morgan fingerprint density at radius 3 is 2.45 bits per heavy atom. The molecule has 4 aromatic carbocycles. The van der Waals surface area contributed by atoms with Crippen molar-refractivity contribution < 1.29 is 23.7 Å². The third-order valence-electron chi connectivity index (χ3n) is 6.52. The lowest BCUT2D eigenvalue weighted by molar-refractivity contribution is 0.0734. The number of methoxy groups -OCH3 is 1. The molecule has 200 valence electrons. The van der Waals surface area contributed by atoms with Crippen LogP contribution in [0.5, 0.6) is 23.0 Å². The maximum atomic E-state index is 12.6. The molecule has 1 heterocycles. The Morgan fingerprint density at radius 2 is 1.75 bits per heavy atom. The first-order valence-corrected chi connectivity index (χ1v) is 13.2. The van der Waals surface area contributed by atoms with Crippen molar-refractivity contribution in [3.05, 3.63) is 129 Å². The molecule has 0 saturated carbocycles. The van der Waals surface area contributed by atoms with Crippen LogP contribution >= 0.6 is 15.9 Å². The van der Waals surface area contributed by atoms with Gasteiger partial charge in [-0.3, -0.25) is 0 Å². The first kappa shape index (κ1) is 26.9. The molecule has 1 aliphatic rings. The van der Waals surface area contributed by atoms with Gasteiger partial charge in [0.1, 0.15) is 29.7 Å². The maximum absolute atomic E-state index is 12.6. The number of benzene rings is 4. The summed E-state index contributed by atoms with van der Waals surface area (Å²) in [4.78, 5) is 12.6. The predicted octanol–water partition coefficient (Wildman–Crippen LogP) is 6.78. The van der Waals surface area contributed by atoms with Gasteiger partial charge >= 0.3 is 5.97 Å². The van der Waals surface area contributed by atoms with Crippen LogP contribution in [0.1, 0.15) is 38.5 Å². The van der Waals surface area contributed by atoms with E-state index in [0.29, 0.717) is 35.0 Å². The lowest BCUT2D eigenvalue weighted by Gasteiger charge is -2.27. The van der Waals surface area contributed by atoms with E-state index in [1.54, 1.807) is 49.6 Å². The van der Waals surface area contributed by atoms with Gasteiger partial charge in [0, 0.05) is 16.1 Å². The van der Waals surface area contributed by atoms with Crippen molar-refractivity contribution in [3.8, 4) is 29.1 Å².